The zero-order chi connectivity index (χ0) is 28.8. The molecule has 0 spiro atoms. The summed E-state index contributed by atoms with van der Waals surface area (Å²) in [6.45, 7) is 13.8. The van der Waals surface area contributed by atoms with E-state index in [2.05, 4.69) is 17.6 Å². The van der Waals surface area contributed by atoms with Crippen LogP contribution in [0.15, 0.2) is 30.3 Å². The van der Waals surface area contributed by atoms with Gasteiger partial charge in [-0.25, -0.2) is 4.79 Å². The molecule has 216 valence electrons. The molecule has 0 radical (unpaired) electrons. The van der Waals surface area contributed by atoms with Gasteiger partial charge in [-0.1, -0.05) is 69.4 Å². The molecule has 2 N–H and O–H groups in total. The summed E-state index contributed by atoms with van der Waals surface area (Å²) in [5, 5.41) is 5.88. The number of hydrogen-bond donors (Lipinski definition) is 2. The molecule has 0 bridgehead atoms. The molecular formula is C30H51N3O4S. The fourth-order valence-corrected chi connectivity index (χ4v) is 4.59. The van der Waals surface area contributed by atoms with E-state index in [1.165, 1.54) is 12.8 Å². The van der Waals surface area contributed by atoms with Gasteiger partial charge in [0.2, 0.25) is 11.8 Å². The molecule has 0 aliphatic carbocycles. The van der Waals surface area contributed by atoms with E-state index < -0.39 is 29.3 Å². The van der Waals surface area contributed by atoms with Crippen molar-refractivity contribution in [2.24, 2.45) is 0 Å². The molecule has 2 unspecified atom stereocenters. The van der Waals surface area contributed by atoms with Gasteiger partial charge in [0.25, 0.3) is 0 Å². The first-order valence-corrected chi connectivity index (χ1v) is 15.3. The molecule has 0 aromatic heterocycles. The summed E-state index contributed by atoms with van der Waals surface area (Å²) in [6, 6.07) is 7.81. The maximum absolute atomic E-state index is 14.2. The molecule has 2 atom stereocenters. The predicted molar refractivity (Wildman–Crippen MR) is 158 cm³/mol. The van der Waals surface area contributed by atoms with Crippen molar-refractivity contribution in [3.05, 3.63) is 35.9 Å². The van der Waals surface area contributed by atoms with Crippen LogP contribution < -0.4 is 10.6 Å². The number of alkyl carbamates (subject to hydrolysis) is 1. The molecule has 0 fully saturated rings. The number of rotatable bonds is 15. The molecule has 0 aliphatic rings. The second-order valence-corrected chi connectivity index (χ2v) is 12.8. The van der Waals surface area contributed by atoms with Crippen LogP contribution in [0.3, 0.4) is 0 Å². The smallest absolute Gasteiger partial charge is 0.408 e. The predicted octanol–water partition coefficient (Wildman–Crippen LogP) is 6.48. The van der Waals surface area contributed by atoms with Gasteiger partial charge in [0, 0.05) is 12.1 Å². The highest BCUT2D eigenvalue weighted by Gasteiger charge is 2.36. The first kappa shape index (κ1) is 33.8. The normalized spacial score (nSPS) is 13.4. The monoisotopic (exact) mass is 549 g/mol. The Bertz CT molecular complexity index is 849. The third-order valence-electron chi connectivity index (χ3n) is 5.81. The number of hydrogen-bond acceptors (Lipinski definition) is 5. The fraction of sp³-hybridized carbons (Fsp3) is 0.700. The fourth-order valence-electron chi connectivity index (χ4n) is 4.12. The van der Waals surface area contributed by atoms with Crippen LogP contribution in [0, 0.1) is 0 Å². The highest BCUT2D eigenvalue weighted by atomic mass is 32.2. The third kappa shape index (κ3) is 13.5. The van der Waals surface area contributed by atoms with Crippen LogP contribution in [0.4, 0.5) is 4.79 Å². The van der Waals surface area contributed by atoms with E-state index in [1.807, 2.05) is 57.4 Å². The van der Waals surface area contributed by atoms with Crippen molar-refractivity contribution in [1.82, 2.24) is 15.5 Å². The van der Waals surface area contributed by atoms with Crippen LogP contribution in [0.25, 0.3) is 0 Å². The summed E-state index contributed by atoms with van der Waals surface area (Å²) in [7, 11) is 0. The van der Waals surface area contributed by atoms with Crippen molar-refractivity contribution in [3.8, 4) is 0 Å². The Labute approximate surface area is 235 Å². The van der Waals surface area contributed by atoms with E-state index >= 15 is 0 Å². The third-order valence-corrected chi connectivity index (χ3v) is 6.45. The van der Waals surface area contributed by atoms with Gasteiger partial charge in [0.05, 0.1) is 0 Å². The van der Waals surface area contributed by atoms with Crippen LogP contribution in [-0.2, 0) is 14.3 Å². The van der Waals surface area contributed by atoms with E-state index in [0.29, 0.717) is 18.7 Å². The van der Waals surface area contributed by atoms with Crippen molar-refractivity contribution in [1.29, 1.82) is 0 Å². The SMILES string of the molecule is CCCCCCCCN(C(=O)C(CCSC)NC(=O)OC(C)(C)C)C(C(=O)NC(C)(C)C)c1ccccc1. The van der Waals surface area contributed by atoms with E-state index in [4.69, 9.17) is 4.74 Å². The molecule has 1 rings (SSSR count). The van der Waals surface area contributed by atoms with Gasteiger partial charge in [-0.2, -0.15) is 11.8 Å². The molecule has 0 saturated carbocycles. The summed E-state index contributed by atoms with van der Waals surface area (Å²) in [5.41, 5.74) is -0.407. The van der Waals surface area contributed by atoms with Crippen molar-refractivity contribution >= 4 is 29.7 Å². The number of amides is 3. The Morgan fingerprint density at radius 2 is 1.55 bits per heavy atom. The number of carbonyl (C=O) groups excluding carboxylic acids is 3. The Morgan fingerprint density at radius 3 is 2.11 bits per heavy atom. The maximum Gasteiger partial charge on any atom is 0.408 e. The lowest BCUT2D eigenvalue weighted by molar-refractivity contribution is -0.143. The van der Waals surface area contributed by atoms with Crippen LogP contribution >= 0.6 is 11.8 Å². The average Bonchev–Trinajstić information content (AvgIpc) is 2.81. The topological polar surface area (TPSA) is 87.7 Å². The van der Waals surface area contributed by atoms with Crippen molar-refractivity contribution < 1.29 is 19.1 Å². The van der Waals surface area contributed by atoms with Crippen molar-refractivity contribution in [2.45, 2.75) is 117 Å². The number of ether oxygens (including phenoxy) is 1. The van der Waals surface area contributed by atoms with Crippen LogP contribution in [0.5, 0.6) is 0 Å². The second-order valence-electron chi connectivity index (χ2n) is 11.8. The highest BCUT2D eigenvalue weighted by molar-refractivity contribution is 7.98. The minimum absolute atomic E-state index is 0.232. The standard InChI is InChI=1S/C30H51N3O4S/c1-9-10-11-12-13-17-21-33(25(23-18-15-14-16-19-23)26(34)32-29(2,3)4)27(35)24(20-22-38-8)31-28(36)37-30(5,6)7/h14-16,18-19,24-25H,9-13,17,20-22H2,1-8H3,(H,31,36)(H,32,34). The molecule has 0 aliphatic heterocycles. The number of unbranched alkanes of at least 4 members (excludes halogenated alkanes) is 5. The van der Waals surface area contributed by atoms with Crippen molar-refractivity contribution in [2.75, 3.05) is 18.6 Å². The molecule has 7 nitrogen and oxygen atoms in total. The second kappa shape index (κ2) is 16.7. The Morgan fingerprint density at radius 1 is 0.947 bits per heavy atom. The molecule has 1 aromatic rings. The lowest BCUT2D eigenvalue weighted by Crippen LogP contribution is -2.55. The molecule has 3 amide bonds. The zero-order valence-corrected chi connectivity index (χ0v) is 25.7. The lowest BCUT2D eigenvalue weighted by atomic mass is 9.99. The van der Waals surface area contributed by atoms with Gasteiger partial charge in [-0.15, -0.1) is 0 Å². The van der Waals surface area contributed by atoms with Gasteiger partial charge < -0.3 is 20.3 Å². The molecule has 1 aromatic carbocycles. The Balaban J connectivity index is 3.37. The highest BCUT2D eigenvalue weighted by Crippen LogP contribution is 2.25. The molecule has 38 heavy (non-hydrogen) atoms. The molecule has 8 heteroatoms. The first-order valence-electron chi connectivity index (χ1n) is 13.9. The number of nitrogens with zero attached hydrogens (tertiary/aromatic N) is 1. The van der Waals surface area contributed by atoms with Gasteiger partial charge in [-0.05, 0) is 72.0 Å². The van der Waals surface area contributed by atoms with Gasteiger partial charge in [-0.3, -0.25) is 9.59 Å². The summed E-state index contributed by atoms with van der Waals surface area (Å²) in [4.78, 5) is 42.2. The van der Waals surface area contributed by atoms with E-state index in [9.17, 15) is 14.4 Å². The number of carbonyl (C=O) groups is 3. The average molecular weight is 550 g/mol. The molecule has 0 saturated heterocycles. The minimum Gasteiger partial charge on any atom is -0.444 e. The first-order chi connectivity index (χ1) is 17.8. The number of thioether (sulfide) groups is 1. The maximum atomic E-state index is 14.2. The zero-order valence-electron chi connectivity index (χ0n) is 24.9. The van der Waals surface area contributed by atoms with Crippen molar-refractivity contribution in [3.63, 3.8) is 0 Å². The summed E-state index contributed by atoms with van der Waals surface area (Å²) >= 11 is 1.61. The van der Waals surface area contributed by atoms with E-state index in [1.54, 1.807) is 37.4 Å². The van der Waals surface area contributed by atoms with Gasteiger partial charge in [0.15, 0.2) is 0 Å². The summed E-state index contributed by atoms with van der Waals surface area (Å²) in [6.07, 6.45) is 8.14. The Kier molecular flexibility index (Phi) is 14.8. The molecular weight excluding hydrogens is 498 g/mol. The summed E-state index contributed by atoms with van der Waals surface area (Å²) < 4.78 is 5.47. The lowest BCUT2D eigenvalue weighted by Gasteiger charge is -2.36. The van der Waals surface area contributed by atoms with E-state index in [-0.39, 0.29) is 11.8 Å². The quantitative estimate of drug-likeness (QED) is 0.245. The molecule has 0 heterocycles. The minimum atomic E-state index is -0.809. The Hall–Kier alpha value is -2.22. The van der Waals surface area contributed by atoms with E-state index in [0.717, 1.165) is 31.2 Å². The number of nitrogens with one attached hydrogen (secondary N) is 2. The van der Waals surface area contributed by atoms with Crippen LogP contribution in [0.1, 0.15) is 105 Å². The van der Waals surface area contributed by atoms with Gasteiger partial charge >= 0.3 is 6.09 Å². The van der Waals surface area contributed by atoms with Crippen LogP contribution in [0.2, 0.25) is 0 Å². The summed E-state index contributed by atoms with van der Waals surface area (Å²) in [5.74, 6) is 0.182. The van der Waals surface area contributed by atoms with Crippen LogP contribution in [-0.4, -0.2) is 58.5 Å². The largest absolute Gasteiger partial charge is 0.444 e. The number of benzene rings is 1. The van der Waals surface area contributed by atoms with Gasteiger partial charge in [0.1, 0.15) is 17.7 Å².